The maximum atomic E-state index is 12.4. The van der Waals surface area contributed by atoms with Gasteiger partial charge in [-0.3, -0.25) is 19.5 Å². The van der Waals surface area contributed by atoms with E-state index in [1.54, 1.807) is 6.20 Å². The lowest BCUT2D eigenvalue weighted by Gasteiger charge is -2.15. The molecule has 4 rings (SSSR count). The Kier molecular flexibility index (Phi) is 4.09. The number of aromatic nitrogens is 1. The van der Waals surface area contributed by atoms with E-state index in [-0.39, 0.29) is 24.3 Å². The second kappa shape index (κ2) is 6.55. The number of rotatable bonds is 6. The molecule has 0 radical (unpaired) electrons. The molecule has 1 unspecified atom stereocenters. The highest BCUT2D eigenvalue weighted by molar-refractivity contribution is 6.07. The third-order valence-electron chi connectivity index (χ3n) is 4.38. The van der Waals surface area contributed by atoms with Gasteiger partial charge in [-0.05, 0) is 37.1 Å². The first-order chi connectivity index (χ1) is 12.2. The van der Waals surface area contributed by atoms with Crippen LogP contribution in [0, 0.1) is 0 Å². The average molecular weight is 337 g/mol. The number of pyridine rings is 1. The molecule has 2 aliphatic rings. The predicted octanol–water partition coefficient (Wildman–Crippen LogP) is 2.36. The molecule has 6 heteroatoms. The molecule has 1 aliphatic carbocycles. The Morgan fingerprint density at radius 1 is 1.16 bits per heavy atom. The number of nitrogens with one attached hydrogen (secondary N) is 1. The molecule has 0 bridgehead atoms. The number of carbonyl (C=O) groups is 2. The molecule has 25 heavy (non-hydrogen) atoms. The summed E-state index contributed by atoms with van der Waals surface area (Å²) in [6.07, 6.45) is 3.81. The first-order valence-corrected chi connectivity index (χ1v) is 8.46. The van der Waals surface area contributed by atoms with E-state index in [1.807, 2.05) is 42.5 Å². The third-order valence-corrected chi connectivity index (χ3v) is 4.38. The number of amides is 2. The predicted molar refractivity (Wildman–Crippen MR) is 91.9 cm³/mol. The quantitative estimate of drug-likeness (QED) is 0.820. The Bertz CT molecular complexity index is 790. The largest absolute Gasteiger partial charge is 0.487 e. The zero-order valence-corrected chi connectivity index (χ0v) is 13.7. The minimum atomic E-state index is -0.487. The van der Waals surface area contributed by atoms with Crippen LogP contribution in [0.1, 0.15) is 25.0 Å². The van der Waals surface area contributed by atoms with Gasteiger partial charge in [-0.2, -0.15) is 0 Å². The van der Waals surface area contributed by atoms with Crippen LogP contribution in [0.25, 0.3) is 0 Å². The molecule has 2 heterocycles. The van der Waals surface area contributed by atoms with Gasteiger partial charge in [-0.1, -0.05) is 12.1 Å². The molecule has 1 N–H and O–H groups in total. The Balaban J connectivity index is 1.40. The number of ether oxygens (including phenoxy) is 1. The molecule has 1 saturated carbocycles. The molecule has 6 nitrogen and oxygen atoms in total. The lowest BCUT2D eigenvalue weighted by Crippen LogP contribution is -2.36. The highest BCUT2D eigenvalue weighted by Crippen LogP contribution is 2.32. The van der Waals surface area contributed by atoms with E-state index in [0.29, 0.717) is 12.4 Å². The van der Waals surface area contributed by atoms with Crippen molar-refractivity contribution >= 4 is 17.5 Å². The monoisotopic (exact) mass is 337 g/mol. The first-order valence-electron chi connectivity index (χ1n) is 8.46. The van der Waals surface area contributed by atoms with Gasteiger partial charge in [0.15, 0.2) is 0 Å². The molecular weight excluding hydrogens is 318 g/mol. The van der Waals surface area contributed by atoms with Crippen molar-refractivity contribution in [1.29, 1.82) is 0 Å². The van der Waals surface area contributed by atoms with Crippen LogP contribution in [0.5, 0.6) is 5.75 Å². The summed E-state index contributed by atoms with van der Waals surface area (Å²) in [7, 11) is 0. The van der Waals surface area contributed by atoms with E-state index < -0.39 is 6.04 Å². The summed E-state index contributed by atoms with van der Waals surface area (Å²) < 4.78 is 5.75. The zero-order valence-electron chi connectivity index (χ0n) is 13.7. The van der Waals surface area contributed by atoms with Crippen molar-refractivity contribution in [3.63, 3.8) is 0 Å². The Morgan fingerprint density at radius 2 is 2.04 bits per heavy atom. The Labute approximate surface area is 145 Å². The van der Waals surface area contributed by atoms with Crippen molar-refractivity contribution in [2.45, 2.75) is 38.0 Å². The highest BCUT2D eigenvalue weighted by Gasteiger charge is 2.46. The number of nitrogens with zero attached hydrogens (tertiary/aromatic N) is 2. The van der Waals surface area contributed by atoms with Gasteiger partial charge in [0.1, 0.15) is 18.4 Å². The lowest BCUT2D eigenvalue weighted by atomic mass is 10.2. The van der Waals surface area contributed by atoms with Crippen molar-refractivity contribution < 1.29 is 14.3 Å². The van der Waals surface area contributed by atoms with Crippen LogP contribution in [-0.2, 0) is 16.2 Å². The van der Waals surface area contributed by atoms with Gasteiger partial charge >= 0.3 is 0 Å². The molecule has 2 aromatic rings. The fraction of sp³-hybridized carbons (Fsp3) is 0.316. The number of anilines is 1. The summed E-state index contributed by atoms with van der Waals surface area (Å²) in [5, 5.41) is 3.16. The molecule has 0 spiro atoms. The molecule has 1 saturated heterocycles. The van der Waals surface area contributed by atoms with Crippen LogP contribution >= 0.6 is 0 Å². The minimum Gasteiger partial charge on any atom is -0.487 e. The van der Waals surface area contributed by atoms with Gasteiger partial charge in [0.25, 0.3) is 5.91 Å². The summed E-state index contributed by atoms with van der Waals surface area (Å²) in [4.78, 5) is 30.1. The SMILES string of the molecule is O=C1CC(Nc2cccc(OCc3ccccn3)c2)C(=O)N1C1CC1. The van der Waals surface area contributed by atoms with Crippen LogP contribution < -0.4 is 10.1 Å². The second-order valence-electron chi connectivity index (χ2n) is 6.37. The van der Waals surface area contributed by atoms with Gasteiger partial charge in [0.05, 0.1) is 12.1 Å². The van der Waals surface area contributed by atoms with Crippen LogP contribution in [0.3, 0.4) is 0 Å². The maximum Gasteiger partial charge on any atom is 0.252 e. The molecule has 2 amide bonds. The van der Waals surface area contributed by atoms with E-state index in [4.69, 9.17) is 4.74 Å². The van der Waals surface area contributed by atoms with Crippen molar-refractivity contribution in [2.75, 3.05) is 5.32 Å². The third kappa shape index (κ3) is 3.47. The summed E-state index contributed by atoms with van der Waals surface area (Å²) in [5.74, 6) is 0.492. The summed E-state index contributed by atoms with van der Waals surface area (Å²) >= 11 is 0. The topological polar surface area (TPSA) is 71.5 Å². The van der Waals surface area contributed by atoms with Crippen molar-refractivity contribution in [1.82, 2.24) is 9.88 Å². The van der Waals surface area contributed by atoms with Crippen LogP contribution in [0.2, 0.25) is 0 Å². The molecular formula is C19H19N3O3. The van der Waals surface area contributed by atoms with Crippen molar-refractivity contribution in [3.8, 4) is 5.75 Å². The van der Waals surface area contributed by atoms with Gasteiger partial charge in [0, 0.05) is 24.0 Å². The van der Waals surface area contributed by atoms with Gasteiger partial charge < -0.3 is 10.1 Å². The molecule has 1 aromatic heterocycles. The first kappa shape index (κ1) is 15.6. The molecule has 1 aromatic carbocycles. The molecule has 1 atom stereocenters. The van der Waals surface area contributed by atoms with E-state index in [0.717, 1.165) is 24.2 Å². The van der Waals surface area contributed by atoms with E-state index in [9.17, 15) is 9.59 Å². The number of benzene rings is 1. The maximum absolute atomic E-state index is 12.4. The Hall–Kier alpha value is -2.89. The lowest BCUT2D eigenvalue weighted by molar-refractivity contribution is -0.139. The number of carbonyl (C=O) groups excluding carboxylic acids is 2. The van der Waals surface area contributed by atoms with E-state index >= 15 is 0 Å². The van der Waals surface area contributed by atoms with Crippen molar-refractivity contribution in [3.05, 3.63) is 54.4 Å². The van der Waals surface area contributed by atoms with Crippen LogP contribution in [0.15, 0.2) is 48.7 Å². The van der Waals surface area contributed by atoms with Gasteiger partial charge in [-0.15, -0.1) is 0 Å². The smallest absolute Gasteiger partial charge is 0.252 e. The van der Waals surface area contributed by atoms with Crippen LogP contribution in [0.4, 0.5) is 5.69 Å². The summed E-state index contributed by atoms with van der Waals surface area (Å²) in [6.45, 7) is 0.376. The number of hydrogen-bond acceptors (Lipinski definition) is 5. The second-order valence-corrected chi connectivity index (χ2v) is 6.37. The summed E-state index contributed by atoms with van der Waals surface area (Å²) in [6, 6.07) is 12.7. The fourth-order valence-electron chi connectivity index (χ4n) is 3.00. The van der Waals surface area contributed by atoms with Gasteiger partial charge in [0.2, 0.25) is 5.91 Å². The molecule has 1 aliphatic heterocycles. The average Bonchev–Trinajstić information content (AvgIpc) is 3.41. The number of imide groups is 1. The normalized spacial score (nSPS) is 20.0. The molecule has 128 valence electrons. The van der Waals surface area contributed by atoms with E-state index in [2.05, 4.69) is 10.3 Å². The van der Waals surface area contributed by atoms with Crippen molar-refractivity contribution in [2.24, 2.45) is 0 Å². The van der Waals surface area contributed by atoms with Gasteiger partial charge in [-0.25, -0.2) is 0 Å². The number of likely N-dealkylation sites (tertiary alicyclic amines) is 1. The zero-order chi connectivity index (χ0) is 17.2. The minimum absolute atomic E-state index is 0.0763. The Morgan fingerprint density at radius 3 is 2.80 bits per heavy atom. The summed E-state index contributed by atoms with van der Waals surface area (Å²) in [5.41, 5.74) is 1.61. The number of hydrogen-bond donors (Lipinski definition) is 1. The van der Waals surface area contributed by atoms with Crippen LogP contribution in [-0.4, -0.2) is 33.8 Å². The van der Waals surface area contributed by atoms with E-state index in [1.165, 1.54) is 4.90 Å². The molecule has 2 fully saturated rings. The standard InChI is InChI=1S/C19H19N3O3/c23-18-11-17(19(24)22(18)15-7-8-15)21-13-5-3-6-16(10-13)25-12-14-4-1-2-9-20-14/h1-6,9-10,15,17,21H,7-8,11-12H2. The highest BCUT2D eigenvalue weighted by atomic mass is 16.5. The fourth-order valence-corrected chi connectivity index (χ4v) is 3.00.